The number of likely N-dealkylation sites (tertiary alicyclic amines) is 1. The number of nitrogens with zero attached hydrogens (tertiary/aromatic N) is 1. The fraction of sp³-hybridized carbons (Fsp3) is 0.882. The number of amides is 1. The molecule has 4 saturated carbocycles. The van der Waals surface area contributed by atoms with Crippen molar-refractivity contribution in [1.29, 1.82) is 0 Å². The van der Waals surface area contributed by atoms with Crippen LogP contribution in [0.25, 0.3) is 0 Å². The number of aliphatic carboxylic acids is 1. The summed E-state index contributed by atoms with van der Waals surface area (Å²) in [5, 5.41) is 9.38. The number of carboxylic acid groups (broad SMARTS) is 1. The van der Waals surface area contributed by atoms with Crippen LogP contribution in [0.4, 0.5) is 0 Å². The summed E-state index contributed by atoms with van der Waals surface area (Å²) in [6.45, 7) is 0.650. The number of hydrogen-bond acceptors (Lipinski definition) is 2. The van der Waals surface area contributed by atoms with E-state index in [-0.39, 0.29) is 11.3 Å². The van der Waals surface area contributed by atoms with Crippen molar-refractivity contribution in [2.75, 3.05) is 6.54 Å². The van der Waals surface area contributed by atoms with Gasteiger partial charge in [0.25, 0.3) is 0 Å². The van der Waals surface area contributed by atoms with Gasteiger partial charge in [-0.15, -0.1) is 0 Å². The maximum atomic E-state index is 13.2. The first kappa shape index (κ1) is 13.6. The van der Waals surface area contributed by atoms with E-state index in [1.54, 1.807) is 4.90 Å². The Labute approximate surface area is 125 Å². The van der Waals surface area contributed by atoms with E-state index in [1.807, 2.05) is 0 Å². The van der Waals surface area contributed by atoms with Gasteiger partial charge >= 0.3 is 5.97 Å². The zero-order valence-electron chi connectivity index (χ0n) is 12.6. The predicted octanol–water partition coefficient (Wildman–Crippen LogP) is 2.67. The number of fused-ring (bicyclic) bond motifs is 1. The normalized spacial score (nSPS) is 44.9. The van der Waals surface area contributed by atoms with Crippen molar-refractivity contribution in [3.63, 3.8) is 0 Å². The average molecular weight is 291 g/mol. The van der Waals surface area contributed by atoms with Crippen LogP contribution in [0.15, 0.2) is 0 Å². The van der Waals surface area contributed by atoms with Gasteiger partial charge in [0.1, 0.15) is 6.04 Å². The Morgan fingerprint density at radius 2 is 1.57 bits per heavy atom. The second-order valence-electron chi connectivity index (χ2n) is 8.03. The Morgan fingerprint density at radius 1 is 0.952 bits per heavy atom. The molecule has 0 aromatic rings. The summed E-state index contributed by atoms with van der Waals surface area (Å²) in [5.41, 5.74) is -0.203. The number of rotatable bonds is 2. The lowest BCUT2D eigenvalue weighted by atomic mass is 9.58. The van der Waals surface area contributed by atoms with Gasteiger partial charge in [-0.05, 0) is 62.7 Å². The van der Waals surface area contributed by atoms with E-state index >= 15 is 0 Å². The molecular weight excluding hydrogens is 266 g/mol. The lowest BCUT2D eigenvalue weighted by Crippen LogP contribution is -2.52. The Bertz CT molecular complexity index is 459. The second kappa shape index (κ2) is 4.72. The zero-order chi connectivity index (χ0) is 14.6. The number of carboxylic acids is 1. The summed E-state index contributed by atoms with van der Waals surface area (Å²) in [6, 6.07) is -0.563. The molecule has 1 N–H and O–H groups in total. The van der Waals surface area contributed by atoms with Crippen LogP contribution >= 0.6 is 0 Å². The quantitative estimate of drug-likeness (QED) is 0.851. The van der Waals surface area contributed by atoms with E-state index in [0.29, 0.717) is 24.8 Å². The molecule has 0 spiro atoms. The molecule has 4 bridgehead atoms. The molecule has 0 radical (unpaired) electrons. The van der Waals surface area contributed by atoms with Crippen molar-refractivity contribution in [3.05, 3.63) is 0 Å². The Morgan fingerprint density at radius 3 is 2.19 bits per heavy atom. The maximum Gasteiger partial charge on any atom is 0.326 e. The third kappa shape index (κ3) is 2.09. The molecule has 1 saturated heterocycles. The van der Waals surface area contributed by atoms with E-state index in [0.717, 1.165) is 31.6 Å². The molecule has 1 aliphatic heterocycles. The highest BCUT2D eigenvalue weighted by molar-refractivity contribution is 5.88. The summed E-state index contributed by atoms with van der Waals surface area (Å²) < 4.78 is 0. The van der Waals surface area contributed by atoms with Crippen molar-refractivity contribution in [2.24, 2.45) is 23.2 Å². The predicted molar refractivity (Wildman–Crippen MR) is 77.6 cm³/mol. The van der Waals surface area contributed by atoms with Crippen LogP contribution in [-0.2, 0) is 9.59 Å². The van der Waals surface area contributed by atoms with Gasteiger partial charge in [0.2, 0.25) is 5.91 Å². The summed E-state index contributed by atoms with van der Waals surface area (Å²) in [4.78, 5) is 26.4. The van der Waals surface area contributed by atoms with Crippen molar-refractivity contribution >= 4 is 11.9 Å². The van der Waals surface area contributed by atoms with Gasteiger partial charge < -0.3 is 10.0 Å². The highest BCUT2D eigenvalue weighted by atomic mass is 16.4. The molecule has 0 aromatic carbocycles. The van der Waals surface area contributed by atoms with E-state index in [2.05, 4.69) is 0 Å². The average Bonchev–Trinajstić information content (AvgIpc) is 2.83. The third-order valence-electron chi connectivity index (χ3n) is 6.61. The fourth-order valence-corrected chi connectivity index (χ4v) is 6.02. The Hall–Kier alpha value is -1.06. The van der Waals surface area contributed by atoms with E-state index in [4.69, 9.17) is 0 Å². The van der Waals surface area contributed by atoms with Crippen LogP contribution < -0.4 is 0 Å². The van der Waals surface area contributed by atoms with Crippen LogP contribution in [0, 0.1) is 23.2 Å². The van der Waals surface area contributed by atoms with Crippen LogP contribution in [0.1, 0.15) is 57.8 Å². The summed E-state index contributed by atoms with van der Waals surface area (Å²) >= 11 is 0. The summed E-state index contributed by atoms with van der Waals surface area (Å²) in [6.07, 6.45) is 9.77. The summed E-state index contributed by atoms with van der Waals surface area (Å²) in [7, 11) is 0. The maximum absolute atomic E-state index is 13.2. The monoisotopic (exact) mass is 291 g/mol. The Balaban J connectivity index is 1.62. The molecule has 0 unspecified atom stereocenters. The SMILES string of the molecule is O=C(O)[C@H]1CCCN1C(=O)C12CC3C[C@H](CC[C@@H](C3)C1)C2. The minimum atomic E-state index is -0.816. The fourth-order valence-electron chi connectivity index (χ4n) is 6.02. The minimum absolute atomic E-state index is 0.189. The molecule has 1 amide bonds. The first-order chi connectivity index (χ1) is 10.1. The molecule has 5 aliphatic rings. The highest BCUT2D eigenvalue weighted by Gasteiger charge is 2.55. The third-order valence-corrected chi connectivity index (χ3v) is 6.61. The standard InChI is InChI=1S/C17H25NO3/c19-15(20)14-2-1-5-18(14)16(21)17-8-11-3-4-12(9-17)7-13(6-11)10-17/h11-14H,1-10H2,(H,19,20)/t11-,12-,13?,14+,17?/m0/s1. The number of hydrogen-bond donors (Lipinski definition) is 1. The van der Waals surface area contributed by atoms with Gasteiger partial charge in [0, 0.05) is 6.54 Å². The van der Waals surface area contributed by atoms with Crippen LogP contribution in [0.2, 0.25) is 0 Å². The topological polar surface area (TPSA) is 57.6 Å². The van der Waals surface area contributed by atoms with Crippen molar-refractivity contribution in [3.8, 4) is 0 Å². The molecule has 5 fully saturated rings. The molecule has 4 nitrogen and oxygen atoms in total. The van der Waals surface area contributed by atoms with Gasteiger partial charge in [-0.3, -0.25) is 4.79 Å². The first-order valence-corrected chi connectivity index (χ1v) is 8.61. The van der Waals surface area contributed by atoms with E-state index < -0.39 is 12.0 Å². The second-order valence-corrected chi connectivity index (χ2v) is 8.03. The molecule has 4 heteroatoms. The Kier molecular flexibility index (Phi) is 3.05. The van der Waals surface area contributed by atoms with E-state index in [1.165, 1.54) is 25.7 Å². The van der Waals surface area contributed by atoms with Gasteiger partial charge in [-0.2, -0.15) is 0 Å². The lowest BCUT2D eigenvalue weighted by molar-refractivity contribution is -0.158. The van der Waals surface area contributed by atoms with Crippen molar-refractivity contribution in [1.82, 2.24) is 4.90 Å². The molecule has 21 heavy (non-hydrogen) atoms. The number of carbonyl (C=O) groups excluding carboxylic acids is 1. The zero-order valence-corrected chi connectivity index (χ0v) is 12.6. The van der Waals surface area contributed by atoms with Crippen LogP contribution in [0.5, 0.6) is 0 Å². The molecule has 1 heterocycles. The molecular formula is C17H25NO3. The lowest BCUT2D eigenvalue weighted by Gasteiger charge is -2.48. The minimum Gasteiger partial charge on any atom is -0.480 e. The molecule has 0 aromatic heterocycles. The van der Waals surface area contributed by atoms with Crippen LogP contribution in [-0.4, -0.2) is 34.5 Å². The van der Waals surface area contributed by atoms with Crippen molar-refractivity contribution in [2.45, 2.75) is 63.8 Å². The molecule has 3 atom stereocenters. The highest BCUT2D eigenvalue weighted by Crippen LogP contribution is 2.58. The van der Waals surface area contributed by atoms with Gasteiger partial charge in [0.05, 0.1) is 5.41 Å². The smallest absolute Gasteiger partial charge is 0.326 e. The van der Waals surface area contributed by atoms with Crippen molar-refractivity contribution < 1.29 is 14.7 Å². The molecule has 4 aliphatic carbocycles. The van der Waals surface area contributed by atoms with Gasteiger partial charge in [-0.25, -0.2) is 4.79 Å². The molecule has 116 valence electrons. The largest absolute Gasteiger partial charge is 0.480 e. The summed E-state index contributed by atoms with van der Waals surface area (Å²) in [5.74, 6) is 1.52. The number of carbonyl (C=O) groups is 2. The van der Waals surface area contributed by atoms with Crippen LogP contribution in [0.3, 0.4) is 0 Å². The molecule has 5 rings (SSSR count). The first-order valence-electron chi connectivity index (χ1n) is 8.61. The van der Waals surface area contributed by atoms with Gasteiger partial charge in [0.15, 0.2) is 0 Å². The van der Waals surface area contributed by atoms with E-state index in [9.17, 15) is 14.7 Å². The van der Waals surface area contributed by atoms with Gasteiger partial charge in [-0.1, -0.05) is 12.8 Å².